The second kappa shape index (κ2) is 11.2. The number of imide groups is 1. The molecule has 4 rings (SSSR count). The van der Waals surface area contributed by atoms with Crippen molar-refractivity contribution in [2.24, 2.45) is 5.92 Å². The molecular weight excluding hydrogens is 442 g/mol. The number of hydrogen-bond acceptors (Lipinski definition) is 5. The van der Waals surface area contributed by atoms with Gasteiger partial charge in [0.2, 0.25) is 5.91 Å². The van der Waals surface area contributed by atoms with Crippen molar-refractivity contribution in [1.82, 2.24) is 14.7 Å². The molecule has 182 valence electrons. The first kappa shape index (κ1) is 25.3. The van der Waals surface area contributed by atoms with Crippen molar-refractivity contribution in [2.75, 3.05) is 56.0 Å². The highest BCUT2D eigenvalue weighted by Crippen LogP contribution is 2.27. The molecule has 8 nitrogen and oxygen atoms in total. The Morgan fingerprint density at radius 2 is 1.82 bits per heavy atom. The number of fused-ring (bicyclic) bond motifs is 1. The molecule has 3 aliphatic heterocycles. The molecule has 3 heterocycles. The van der Waals surface area contributed by atoms with E-state index < -0.39 is 0 Å². The van der Waals surface area contributed by atoms with Crippen LogP contribution in [0.2, 0.25) is 0 Å². The maximum atomic E-state index is 12.6. The van der Waals surface area contributed by atoms with Gasteiger partial charge in [-0.15, -0.1) is 12.4 Å². The van der Waals surface area contributed by atoms with Gasteiger partial charge in [0.05, 0.1) is 0 Å². The van der Waals surface area contributed by atoms with Crippen LogP contribution in [0.4, 0.5) is 16.2 Å². The third-order valence-corrected chi connectivity index (χ3v) is 6.76. The lowest BCUT2D eigenvalue weighted by atomic mass is 10.0. The molecule has 0 saturated carbocycles. The van der Waals surface area contributed by atoms with Crippen LogP contribution in [-0.4, -0.2) is 84.4 Å². The highest BCUT2D eigenvalue weighted by atomic mass is 35.5. The summed E-state index contributed by atoms with van der Waals surface area (Å²) in [5, 5.41) is 2.97. The maximum Gasteiger partial charge on any atom is 0.327 e. The average molecular weight is 478 g/mol. The number of amides is 4. The van der Waals surface area contributed by atoms with Crippen LogP contribution in [0, 0.1) is 5.92 Å². The average Bonchev–Trinajstić information content (AvgIpc) is 3.05. The fourth-order valence-corrected chi connectivity index (χ4v) is 4.80. The van der Waals surface area contributed by atoms with E-state index in [0.29, 0.717) is 6.54 Å². The highest BCUT2D eigenvalue weighted by Gasteiger charge is 2.45. The Hall–Kier alpha value is -2.32. The summed E-state index contributed by atoms with van der Waals surface area (Å²) in [7, 11) is 0. The van der Waals surface area contributed by atoms with Gasteiger partial charge in [0, 0.05) is 56.6 Å². The van der Waals surface area contributed by atoms with Crippen molar-refractivity contribution in [1.29, 1.82) is 0 Å². The van der Waals surface area contributed by atoms with Gasteiger partial charge in [0.25, 0.3) is 5.91 Å². The summed E-state index contributed by atoms with van der Waals surface area (Å²) in [4.78, 5) is 45.1. The number of piperidine rings is 1. The van der Waals surface area contributed by atoms with E-state index in [1.165, 1.54) is 4.90 Å². The molecule has 0 aromatic heterocycles. The lowest BCUT2D eigenvalue weighted by Gasteiger charge is -2.36. The number of urea groups is 1. The van der Waals surface area contributed by atoms with E-state index in [4.69, 9.17) is 0 Å². The van der Waals surface area contributed by atoms with Crippen LogP contribution in [-0.2, 0) is 9.59 Å². The zero-order chi connectivity index (χ0) is 22.7. The molecule has 1 aromatic rings. The lowest BCUT2D eigenvalue weighted by Crippen LogP contribution is -2.47. The summed E-state index contributed by atoms with van der Waals surface area (Å²) in [6, 6.07) is 7.73. The van der Waals surface area contributed by atoms with Crippen molar-refractivity contribution in [3.05, 3.63) is 24.3 Å². The molecule has 4 amide bonds. The predicted molar refractivity (Wildman–Crippen MR) is 132 cm³/mol. The Kier molecular flexibility index (Phi) is 8.59. The van der Waals surface area contributed by atoms with E-state index in [0.717, 1.165) is 76.3 Å². The fraction of sp³-hybridized carbons (Fsp3) is 0.625. The minimum Gasteiger partial charge on any atom is -0.369 e. The zero-order valence-electron chi connectivity index (χ0n) is 19.7. The minimum atomic E-state index is -0.208. The van der Waals surface area contributed by atoms with Crippen molar-refractivity contribution < 1.29 is 14.4 Å². The van der Waals surface area contributed by atoms with Crippen molar-refractivity contribution in [3.63, 3.8) is 0 Å². The molecule has 0 radical (unpaired) electrons. The van der Waals surface area contributed by atoms with Gasteiger partial charge in [-0.25, -0.2) is 4.79 Å². The third kappa shape index (κ3) is 5.79. The number of halogens is 1. The summed E-state index contributed by atoms with van der Waals surface area (Å²) >= 11 is 0. The van der Waals surface area contributed by atoms with Gasteiger partial charge in [0.1, 0.15) is 6.04 Å². The van der Waals surface area contributed by atoms with Crippen LogP contribution in [0.5, 0.6) is 0 Å². The van der Waals surface area contributed by atoms with Crippen molar-refractivity contribution in [3.8, 4) is 0 Å². The van der Waals surface area contributed by atoms with Crippen molar-refractivity contribution >= 4 is 41.6 Å². The van der Waals surface area contributed by atoms with Crippen molar-refractivity contribution in [2.45, 2.75) is 45.6 Å². The van der Waals surface area contributed by atoms with E-state index in [1.54, 1.807) is 4.90 Å². The van der Waals surface area contributed by atoms with Crippen LogP contribution >= 0.6 is 12.4 Å². The van der Waals surface area contributed by atoms with Gasteiger partial charge < -0.3 is 15.1 Å². The standard InChI is InChI=1S/C24H35N5O3.ClH/c1-18(2)22(30)25-19-7-5-8-20(17-19)27-15-13-26(14-16-27)10-6-12-29-23(31)21-9-3-4-11-28(21)24(29)32;/h5,7-8,17-18,21H,3-4,6,9-16H2,1-2H3,(H,25,30);1H. The Balaban J connectivity index is 0.00000306. The number of piperazine rings is 1. The first-order valence-corrected chi connectivity index (χ1v) is 11.9. The van der Waals surface area contributed by atoms with Crippen LogP contribution in [0.3, 0.4) is 0 Å². The Morgan fingerprint density at radius 1 is 1.06 bits per heavy atom. The van der Waals surface area contributed by atoms with Gasteiger partial charge in [-0.2, -0.15) is 0 Å². The molecule has 9 heteroatoms. The topological polar surface area (TPSA) is 76.2 Å². The molecule has 1 atom stereocenters. The van der Waals surface area contributed by atoms with Gasteiger partial charge in [-0.05, 0) is 50.4 Å². The summed E-state index contributed by atoms with van der Waals surface area (Å²) in [5.41, 5.74) is 1.95. The predicted octanol–water partition coefficient (Wildman–Crippen LogP) is 3.03. The smallest absolute Gasteiger partial charge is 0.327 e. The highest BCUT2D eigenvalue weighted by molar-refractivity contribution is 6.04. The molecule has 3 aliphatic rings. The third-order valence-electron chi connectivity index (χ3n) is 6.76. The number of carbonyl (C=O) groups excluding carboxylic acids is 3. The van der Waals surface area contributed by atoms with Gasteiger partial charge >= 0.3 is 6.03 Å². The minimum absolute atomic E-state index is 0. The molecule has 1 unspecified atom stereocenters. The van der Waals surface area contributed by atoms with Gasteiger partial charge in [-0.1, -0.05) is 19.9 Å². The first-order chi connectivity index (χ1) is 15.4. The Bertz CT molecular complexity index is 832. The Labute approximate surface area is 202 Å². The van der Waals surface area contributed by atoms with Crippen LogP contribution in [0.15, 0.2) is 24.3 Å². The van der Waals surface area contributed by atoms with E-state index in [2.05, 4.69) is 21.2 Å². The van der Waals surface area contributed by atoms with E-state index in [-0.39, 0.29) is 42.2 Å². The molecule has 33 heavy (non-hydrogen) atoms. The number of benzene rings is 1. The van der Waals surface area contributed by atoms with Crippen LogP contribution in [0.25, 0.3) is 0 Å². The lowest BCUT2D eigenvalue weighted by molar-refractivity contribution is -0.129. The van der Waals surface area contributed by atoms with E-state index in [1.807, 2.05) is 32.0 Å². The number of nitrogens with one attached hydrogen (secondary N) is 1. The molecule has 0 aliphatic carbocycles. The first-order valence-electron chi connectivity index (χ1n) is 11.9. The fourth-order valence-electron chi connectivity index (χ4n) is 4.80. The zero-order valence-corrected chi connectivity index (χ0v) is 20.5. The second-order valence-electron chi connectivity index (χ2n) is 9.35. The summed E-state index contributed by atoms with van der Waals surface area (Å²) in [6.45, 7) is 9.62. The molecular formula is C24H36ClN5O3. The SMILES string of the molecule is CC(C)C(=O)Nc1cccc(N2CCN(CCCN3C(=O)C4CCCCN4C3=O)CC2)c1.Cl. The van der Waals surface area contributed by atoms with Gasteiger partial charge in [-0.3, -0.25) is 19.4 Å². The normalized spacial score (nSPS) is 21.3. The largest absolute Gasteiger partial charge is 0.369 e. The summed E-state index contributed by atoms with van der Waals surface area (Å²) in [5.74, 6) is -0.0171. The molecule has 3 fully saturated rings. The number of rotatable bonds is 7. The number of anilines is 2. The van der Waals surface area contributed by atoms with E-state index in [9.17, 15) is 14.4 Å². The van der Waals surface area contributed by atoms with Gasteiger partial charge in [0.15, 0.2) is 0 Å². The molecule has 0 spiro atoms. The second-order valence-corrected chi connectivity index (χ2v) is 9.35. The number of carbonyl (C=O) groups is 3. The molecule has 0 bridgehead atoms. The summed E-state index contributed by atoms with van der Waals surface area (Å²) in [6.07, 6.45) is 3.66. The monoisotopic (exact) mass is 477 g/mol. The molecule has 1 aromatic carbocycles. The quantitative estimate of drug-likeness (QED) is 0.611. The number of nitrogens with zero attached hydrogens (tertiary/aromatic N) is 4. The van der Waals surface area contributed by atoms with Crippen LogP contribution in [0.1, 0.15) is 39.5 Å². The van der Waals surface area contributed by atoms with Crippen LogP contribution < -0.4 is 10.2 Å². The summed E-state index contributed by atoms with van der Waals surface area (Å²) < 4.78 is 0. The molecule has 3 saturated heterocycles. The number of hydrogen-bond donors (Lipinski definition) is 1. The van der Waals surface area contributed by atoms with E-state index >= 15 is 0 Å². The molecule has 1 N–H and O–H groups in total. The Morgan fingerprint density at radius 3 is 2.52 bits per heavy atom. The maximum absolute atomic E-state index is 12.6.